The van der Waals surface area contributed by atoms with E-state index in [0.717, 1.165) is 6.54 Å². The maximum absolute atomic E-state index is 13.8. The van der Waals surface area contributed by atoms with Gasteiger partial charge in [-0.05, 0) is 62.3 Å². The lowest BCUT2D eigenvalue weighted by Crippen LogP contribution is -2.27. The van der Waals surface area contributed by atoms with Gasteiger partial charge in [0.15, 0.2) is 5.78 Å². The molecule has 0 saturated carbocycles. The van der Waals surface area contributed by atoms with Crippen molar-refractivity contribution in [3.63, 3.8) is 0 Å². The number of likely N-dealkylation sites (N-methyl/N-ethyl adjacent to an activating group) is 1. The molecule has 5 N–H and O–H groups in total. The predicted octanol–water partition coefficient (Wildman–Crippen LogP) is 3.89. The number of ketones is 1. The Hall–Kier alpha value is -3.23. The highest BCUT2D eigenvalue weighted by Crippen LogP contribution is 2.30. The van der Waals surface area contributed by atoms with Crippen LogP contribution in [0.15, 0.2) is 42.6 Å². The van der Waals surface area contributed by atoms with Crippen LogP contribution in [0.3, 0.4) is 0 Å². The number of hydrogen-bond donors (Lipinski definition) is 4. The minimum atomic E-state index is -0.500. The molecule has 3 rings (SSSR count). The van der Waals surface area contributed by atoms with E-state index in [0.29, 0.717) is 59.7 Å². The van der Waals surface area contributed by atoms with Gasteiger partial charge in [-0.1, -0.05) is 23.7 Å². The number of nitrogens with one attached hydrogen (secondary N) is 3. The summed E-state index contributed by atoms with van der Waals surface area (Å²) in [4.78, 5) is 15.4. The number of carbonyl (C=O) groups is 1. The molecular weight excluding hydrogens is 457 g/mol. The SMILES string of the molecule is CN(C)CCNc1cc(/C(=C/N)C(=N)Cl)ccc1C(=N)C(=O)C1CCOc2ccc(F)cc2C1. The number of carbonyl (C=O) groups excluding carboxylic acids is 1. The largest absolute Gasteiger partial charge is 0.493 e. The lowest BCUT2D eigenvalue weighted by molar-refractivity contribution is -0.116. The van der Waals surface area contributed by atoms with E-state index in [4.69, 9.17) is 32.9 Å². The number of halogens is 2. The van der Waals surface area contributed by atoms with E-state index in [1.165, 1.54) is 18.3 Å². The topological polar surface area (TPSA) is 115 Å². The third kappa shape index (κ3) is 6.01. The summed E-state index contributed by atoms with van der Waals surface area (Å²) < 4.78 is 19.5. The number of nitrogens with two attached hydrogens (primary N) is 1. The molecule has 0 radical (unpaired) electrons. The Kier molecular flexibility index (Phi) is 8.41. The molecule has 0 aromatic heterocycles. The van der Waals surface area contributed by atoms with Gasteiger partial charge in [-0.15, -0.1) is 0 Å². The Morgan fingerprint density at radius 2 is 2.06 bits per heavy atom. The zero-order chi connectivity index (χ0) is 24.8. The van der Waals surface area contributed by atoms with Gasteiger partial charge in [-0.25, -0.2) is 4.39 Å². The van der Waals surface area contributed by atoms with E-state index in [-0.39, 0.29) is 22.5 Å². The zero-order valence-electron chi connectivity index (χ0n) is 19.3. The minimum Gasteiger partial charge on any atom is -0.493 e. The standard InChI is InChI=1S/C25H29ClFN5O2/c1-32(2)9-8-31-21-13-15(20(14-28)25(26)30)3-5-19(21)23(29)24(33)16-7-10-34-22-6-4-18(27)12-17(22)11-16/h3-6,12-14,16,29-31H,7-11,28H2,1-2H3/b20-14-,29-23?,30-25?. The Balaban J connectivity index is 1.90. The highest BCUT2D eigenvalue weighted by molar-refractivity contribution is 6.75. The third-order valence-electron chi connectivity index (χ3n) is 5.71. The molecule has 2 aromatic rings. The van der Waals surface area contributed by atoms with Crippen LogP contribution in [-0.2, 0) is 11.2 Å². The number of Topliss-reactive ketones (excluding diaryl/α,β-unsaturated/α-hetero) is 1. The third-order valence-corrected chi connectivity index (χ3v) is 5.91. The summed E-state index contributed by atoms with van der Waals surface area (Å²) in [5, 5.41) is 19.5. The fourth-order valence-electron chi connectivity index (χ4n) is 3.87. The molecule has 0 aliphatic carbocycles. The number of anilines is 1. The molecule has 1 unspecified atom stereocenters. The predicted molar refractivity (Wildman–Crippen MR) is 135 cm³/mol. The number of fused-ring (bicyclic) bond motifs is 1. The van der Waals surface area contributed by atoms with Crippen LogP contribution in [0, 0.1) is 22.6 Å². The van der Waals surface area contributed by atoms with E-state index < -0.39 is 5.92 Å². The average molecular weight is 486 g/mol. The van der Waals surface area contributed by atoms with Crippen LogP contribution in [0.1, 0.15) is 23.1 Å². The van der Waals surface area contributed by atoms with Gasteiger partial charge in [0.2, 0.25) is 0 Å². The van der Waals surface area contributed by atoms with Crippen LogP contribution >= 0.6 is 11.6 Å². The van der Waals surface area contributed by atoms with Crippen LogP contribution in [-0.4, -0.2) is 55.4 Å². The number of ether oxygens (including phenoxy) is 1. The highest BCUT2D eigenvalue weighted by atomic mass is 35.5. The van der Waals surface area contributed by atoms with E-state index in [2.05, 4.69) is 5.32 Å². The molecule has 0 fully saturated rings. The van der Waals surface area contributed by atoms with Gasteiger partial charge in [-0.2, -0.15) is 0 Å². The van der Waals surface area contributed by atoms with Gasteiger partial charge in [0.1, 0.15) is 22.4 Å². The van der Waals surface area contributed by atoms with Gasteiger partial charge in [0.05, 0.1) is 6.61 Å². The Labute approximate surface area is 203 Å². The lowest BCUT2D eigenvalue weighted by atomic mass is 9.87. The normalized spacial score (nSPS) is 15.8. The van der Waals surface area contributed by atoms with Crippen molar-refractivity contribution in [1.29, 1.82) is 10.8 Å². The van der Waals surface area contributed by atoms with Gasteiger partial charge in [-0.3, -0.25) is 15.6 Å². The summed E-state index contributed by atoms with van der Waals surface area (Å²) in [5.41, 5.74) is 8.11. The second kappa shape index (κ2) is 11.3. The van der Waals surface area contributed by atoms with Crippen molar-refractivity contribution in [2.45, 2.75) is 12.8 Å². The molecule has 180 valence electrons. The quantitative estimate of drug-likeness (QED) is 0.402. The Bertz CT molecular complexity index is 1130. The first kappa shape index (κ1) is 25.4. The molecule has 1 atom stereocenters. The molecule has 0 bridgehead atoms. The Morgan fingerprint density at radius 1 is 1.29 bits per heavy atom. The smallest absolute Gasteiger partial charge is 0.184 e. The van der Waals surface area contributed by atoms with Crippen molar-refractivity contribution in [1.82, 2.24) is 4.90 Å². The number of allylic oxidation sites excluding steroid dienone is 1. The van der Waals surface area contributed by atoms with Crippen LogP contribution < -0.4 is 15.8 Å². The van der Waals surface area contributed by atoms with Crippen molar-refractivity contribution in [3.05, 3.63) is 65.1 Å². The molecule has 0 saturated heterocycles. The van der Waals surface area contributed by atoms with Gasteiger partial charge in [0.25, 0.3) is 0 Å². The van der Waals surface area contributed by atoms with Gasteiger partial charge < -0.3 is 20.7 Å². The van der Waals surface area contributed by atoms with Crippen LogP contribution in [0.5, 0.6) is 5.75 Å². The van der Waals surface area contributed by atoms with Crippen molar-refractivity contribution in [2.75, 3.05) is 39.1 Å². The maximum Gasteiger partial charge on any atom is 0.184 e. The van der Waals surface area contributed by atoms with Gasteiger partial charge in [0, 0.05) is 42.0 Å². The fourth-order valence-corrected chi connectivity index (χ4v) is 4.05. The summed E-state index contributed by atoms with van der Waals surface area (Å²) in [6.45, 7) is 1.63. The second-order valence-corrected chi connectivity index (χ2v) is 8.79. The molecule has 1 aliphatic rings. The summed E-state index contributed by atoms with van der Waals surface area (Å²) in [5.74, 6) is -0.644. The van der Waals surface area contributed by atoms with Crippen molar-refractivity contribution >= 4 is 39.5 Å². The van der Waals surface area contributed by atoms with E-state index in [9.17, 15) is 9.18 Å². The maximum atomic E-state index is 13.8. The average Bonchev–Trinajstić information content (AvgIpc) is 3.00. The van der Waals surface area contributed by atoms with E-state index in [1.54, 1.807) is 24.3 Å². The number of hydrogen-bond acceptors (Lipinski definition) is 7. The number of nitrogens with zero attached hydrogens (tertiary/aromatic N) is 1. The molecule has 9 heteroatoms. The summed E-state index contributed by atoms with van der Waals surface area (Å²) in [6.07, 6.45) is 1.99. The molecule has 1 aliphatic heterocycles. The number of benzene rings is 2. The molecular formula is C25H29ClFN5O2. The molecule has 1 heterocycles. The first-order chi connectivity index (χ1) is 16.2. The molecule has 0 spiro atoms. The zero-order valence-corrected chi connectivity index (χ0v) is 20.0. The fraction of sp³-hybridized carbons (Fsp3) is 0.320. The lowest BCUT2D eigenvalue weighted by Gasteiger charge is -2.19. The summed E-state index contributed by atoms with van der Waals surface area (Å²) in [7, 11) is 3.90. The Morgan fingerprint density at radius 3 is 2.74 bits per heavy atom. The molecule has 7 nitrogen and oxygen atoms in total. The summed E-state index contributed by atoms with van der Waals surface area (Å²) in [6, 6.07) is 9.38. The van der Waals surface area contributed by atoms with E-state index >= 15 is 0 Å². The molecule has 0 amide bonds. The van der Waals surface area contributed by atoms with Crippen LogP contribution in [0.4, 0.5) is 10.1 Å². The molecule has 34 heavy (non-hydrogen) atoms. The molecule has 2 aromatic carbocycles. The summed E-state index contributed by atoms with van der Waals surface area (Å²) >= 11 is 5.87. The van der Waals surface area contributed by atoms with E-state index in [1.807, 2.05) is 19.0 Å². The first-order valence-electron chi connectivity index (χ1n) is 10.9. The van der Waals surface area contributed by atoms with Gasteiger partial charge >= 0.3 is 0 Å². The minimum absolute atomic E-state index is 0.136. The van der Waals surface area contributed by atoms with Crippen LogP contribution in [0.25, 0.3) is 5.57 Å². The number of rotatable bonds is 9. The first-order valence-corrected chi connectivity index (χ1v) is 11.3. The van der Waals surface area contributed by atoms with Crippen molar-refractivity contribution in [2.24, 2.45) is 11.7 Å². The monoisotopic (exact) mass is 485 g/mol. The second-order valence-electron chi connectivity index (χ2n) is 8.41. The van der Waals surface area contributed by atoms with Crippen molar-refractivity contribution in [3.8, 4) is 5.75 Å². The highest BCUT2D eigenvalue weighted by Gasteiger charge is 2.28. The van der Waals surface area contributed by atoms with Crippen molar-refractivity contribution < 1.29 is 13.9 Å². The van der Waals surface area contributed by atoms with Crippen LogP contribution in [0.2, 0.25) is 0 Å².